The highest BCUT2D eigenvalue weighted by Crippen LogP contribution is 2.09. The summed E-state index contributed by atoms with van der Waals surface area (Å²) in [7, 11) is -7.17. The molecule has 142 valence electrons. The van der Waals surface area contributed by atoms with Crippen LogP contribution in [0.25, 0.3) is 0 Å². The molecule has 0 aliphatic carbocycles. The summed E-state index contributed by atoms with van der Waals surface area (Å²) in [5.41, 5.74) is 0.829. The summed E-state index contributed by atoms with van der Waals surface area (Å²) in [6.07, 6.45) is 1.56. The molecule has 3 N–H and O–H groups in total. The zero-order valence-electron chi connectivity index (χ0n) is 14.6. The van der Waals surface area contributed by atoms with E-state index in [0.717, 1.165) is 16.1 Å². The number of hydrogen-bond acceptors (Lipinski definition) is 5. The molecule has 0 aliphatic rings. The second kappa shape index (κ2) is 8.75. The number of hydrogen-bond donors (Lipinski definition) is 2. The lowest BCUT2D eigenvalue weighted by Crippen LogP contribution is -2.42. The van der Waals surface area contributed by atoms with E-state index in [9.17, 15) is 21.6 Å². The van der Waals surface area contributed by atoms with Gasteiger partial charge >= 0.3 is 0 Å². The van der Waals surface area contributed by atoms with Crippen LogP contribution in [0.15, 0.2) is 29.2 Å². The van der Waals surface area contributed by atoms with Crippen LogP contribution < -0.4 is 10.5 Å². The van der Waals surface area contributed by atoms with Crippen LogP contribution >= 0.6 is 0 Å². The first-order valence-electron chi connectivity index (χ1n) is 7.73. The van der Waals surface area contributed by atoms with E-state index in [2.05, 4.69) is 5.32 Å². The summed E-state index contributed by atoms with van der Waals surface area (Å²) in [4.78, 5) is 12.0. The molecule has 0 fully saturated rings. The van der Waals surface area contributed by atoms with E-state index in [1.54, 1.807) is 12.1 Å². The van der Waals surface area contributed by atoms with Crippen LogP contribution in [0.2, 0.25) is 0 Å². The molecule has 1 aromatic carbocycles. The van der Waals surface area contributed by atoms with Crippen LogP contribution in [0.3, 0.4) is 0 Å². The molecule has 0 saturated carbocycles. The number of nitrogens with one attached hydrogen (secondary N) is 1. The Morgan fingerprint density at radius 1 is 1.16 bits per heavy atom. The van der Waals surface area contributed by atoms with Crippen molar-refractivity contribution in [2.24, 2.45) is 11.1 Å². The maximum absolute atomic E-state index is 11.9. The minimum Gasteiger partial charge on any atom is -0.355 e. The van der Waals surface area contributed by atoms with Crippen LogP contribution in [0, 0.1) is 5.92 Å². The average Bonchev–Trinajstić information content (AvgIpc) is 2.44. The van der Waals surface area contributed by atoms with Crippen molar-refractivity contribution in [2.75, 3.05) is 25.9 Å². The first-order chi connectivity index (χ1) is 11.4. The lowest BCUT2D eigenvalue weighted by Gasteiger charge is -2.21. The number of carbonyl (C=O) groups excluding carboxylic acids is 1. The Hall–Kier alpha value is -1.49. The predicted molar refractivity (Wildman–Crippen MR) is 95.8 cm³/mol. The first kappa shape index (κ1) is 21.6. The van der Waals surface area contributed by atoms with Gasteiger partial charge in [-0.1, -0.05) is 26.0 Å². The molecule has 0 spiro atoms. The quantitative estimate of drug-likeness (QED) is 0.608. The predicted octanol–water partition coefficient (Wildman–Crippen LogP) is -0.0897. The second-order valence-corrected chi connectivity index (χ2v) is 9.78. The molecule has 0 aromatic heterocycles. The van der Waals surface area contributed by atoms with Crippen LogP contribution in [-0.2, 0) is 31.3 Å². The Labute approximate surface area is 149 Å². The van der Waals surface area contributed by atoms with Gasteiger partial charge in [0.1, 0.15) is 0 Å². The molecular formula is C15H25N3O5S2. The van der Waals surface area contributed by atoms with Crippen LogP contribution in [0.5, 0.6) is 0 Å². The van der Waals surface area contributed by atoms with Crippen molar-refractivity contribution >= 4 is 26.0 Å². The lowest BCUT2D eigenvalue weighted by molar-refractivity contribution is -0.121. The summed E-state index contributed by atoms with van der Waals surface area (Å²) < 4.78 is 46.9. The molecule has 0 heterocycles. The summed E-state index contributed by atoms with van der Waals surface area (Å²) in [5, 5.41) is 7.69. The van der Waals surface area contributed by atoms with Gasteiger partial charge in [0.2, 0.25) is 26.0 Å². The van der Waals surface area contributed by atoms with E-state index in [1.165, 1.54) is 12.1 Å². The van der Waals surface area contributed by atoms with Gasteiger partial charge in [-0.05, 0) is 30.0 Å². The summed E-state index contributed by atoms with van der Waals surface area (Å²) in [6, 6.07) is 6.04. The number of carbonyl (C=O) groups is 1. The van der Waals surface area contributed by atoms with Gasteiger partial charge in [0, 0.05) is 13.1 Å². The topological polar surface area (TPSA) is 127 Å². The highest BCUT2D eigenvalue weighted by Gasteiger charge is 2.20. The van der Waals surface area contributed by atoms with Crippen molar-refractivity contribution < 1.29 is 21.6 Å². The van der Waals surface area contributed by atoms with E-state index in [1.807, 2.05) is 13.8 Å². The molecule has 0 radical (unpaired) electrons. The Kier molecular flexibility index (Phi) is 7.54. The molecule has 1 amide bonds. The Morgan fingerprint density at radius 3 is 2.16 bits per heavy atom. The molecule has 25 heavy (non-hydrogen) atoms. The van der Waals surface area contributed by atoms with Crippen molar-refractivity contribution in [1.82, 2.24) is 9.62 Å². The van der Waals surface area contributed by atoms with Crippen molar-refractivity contribution in [1.29, 1.82) is 0 Å². The summed E-state index contributed by atoms with van der Waals surface area (Å²) >= 11 is 0. The Morgan fingerprint density at radius 2 is 1.72 bits per heavy atom. The number of nitrogens with two attached hydrogens (primary N) is 1. The maximum atomic E-state index is 11.9. The standard InChI is InChI=1S/C15H25N3O5S2/c1-12(2)10-18(24(3,20)21)11-15(19)17-9-8-13-4-6-14(7-5-13)25(16,22)23/h4-7,12H,8-11H2,1-3H3,(H,17,19)(H2,16,22,23). The smallest absolute Gasteiger partial charge is 0.238 e. The van der Waals surface area contributed by atoms with E-state index in [-0.39, 0.29) is 29.8 Å². The van der Waals surface area contributed by atoms with Gasteiger partial charge in [-0.3, -0.25) is 4.79 Å². The zero-order valence-corrected chi connectivity index (χ0v) is 16.2. The minimum atomic E-state index is -3.72. The van der Waals surface area contributed by atoms with Gasteiger partial charge in [-0.2, -0.15) is 4.31 Å². The van der Waals surface area contributed by atoms with E-state index < -0.39 is 20.0 Å². The number of sulfonamides is 2. The third-order valence-electron chi connectivity index (χ3n) is 3.35. The van der Waals surface area contributed by atoms with Crippen molar-refractivity contribution in [2.45, 2.75) is 25.2 Å². The fourth-order valence-corrected chi connectivity index (χ4v) is 3.57. The molecule has 0 saturated heterocycles. The monoisotopic (exact) mass is 391 g/mol. The number of benzene rings is 1. The molecule has 0 bridgehead atoms. The van der Waals surface area contributed by atoms with Crippen LogP contribution in [0.4, 0.5) is 0 Å². The number of rotatable bonds is 9. The number of nitrogens with zero attached hydrogens (tertiary/aromatic N) is 1. The van der Waals surface area contributed by atoms with Gasteiger partial charge < -0.3 is 5.32 Å². The van der Waals surface area contributed by atoms with Crippen molar-refractivity contribution in [3.8, 4) is 0 Å². The van der Waals surface area contributed by atoms with E-state index in [0.29, 0.717) is 13.0 Å². The SMILES string of the molecule is CC(C)CN(CC(=O)NCCc1ccc(S(N)(=O)=O)cc1)S(C)(=O)=O. The Bertz CT molecular complexity index is 787. The third kappa shape index (κ3) is 7.95. The molecule has 0 unspecified atom stereocenters. The van der Waals surface area contributed by atoms with Crippen molar-refractivity contribution in [3.05, 3.63) is 29.8 Å². The highest BCUT2D eigenvalue weighted by atomic mass is 32.2. The number of primary sulfonamides is 1. The lowest BCUT2D eigenvalue weighted by atomic mass is 10.1. The largest absolute Gasteiger partial charge is 0.355 e. The maximum Gasteiger partial charge on any atom is 0.238 e. The first-order valence-corrected chi connectivity index (χ1v) is 11.1. The van der Waals surface area contributed by atoms with E-state index in [4.69, 9.17) is 5.14 Å². The van der Waals surface area contributed by atoms with Gasteiger partial charge in [0.05, 0.1) is 17.7 Å². The second-order valence-electron chi connectivity index (χ2n) is 6.24. The summed E-state index contributed by atoms with van der Waals surface area (Å²) in [5.74, 6) is -0.271. The number of amides is 1. The molecular weight excluding hydrogens is 366 g/mol. The average molecular weight is 392 g/mol. The van der Waals surface area contributed by atoms with E-state index >= 15 is 0 Å². The van der Waals surface area contributed by atoms with Crippen molar-refractivity contribution in [3.63, 3.8) is 0 Å². The molecule has 1 rings (SSSR count). The van der Waals surface area contributed by atoms with Gasteiger partial charge in [-0.15, -0.1) is 0 Å². The minimum absolute atomic E-state index is 0.0257. The molecule has 0 aliphatic heterocycles. The van der Waals surface area contributed by atoms with Crippen LogP contribution in [-0.4, -0.2) is 52.9 Å². The van der Waals surface area contributed by atoms with Gasteiger partial charge in [-0.25, -0.2) is 22.0 Å². The normalized spacial score (nSPS) is 12.6. The van der Waals surface area contributed by atoms with Crippen LogP contribution in [0.1, 0.15) is 19.4 Å². The zero-order chi connectivity index (χ0) is 19.3. The molecule has 1 aromatic rings. The highest BCUT2D eigenvalue weighted by molar-refractivity contribution is 7.89. The fourth-order valence-electron chi connectivity index (χ4n) is 2.13. The fraction of sp³-hybridized carbons (Fsp3) is 0.533. The Balaban J connectivity index is 2.53. The molecule has 0 atom stereocenters. The van der Waals surface area contributed by atoms with Gasteiger partial charge in [0.15, 0.2) is 0 Å². The van der Waals surface area contributed by atoms with Gasteiger partial charge in [0.25, 0.3) is 0 Å². The third-order valence-corrected chi connectivity index (χ3v) is 5.49. The molecule has 8 nitrogen and oxygen atoms in total. The summed E-state index contributed by atoms with van der Waals surface area (Å²) in [6.45, 7) is 4.12. The molecule has 10 heteroatoms.